The lowest BCUT2D eigenvalue weighted by atomic mass is 10.2. The largest absolute Gasteiger partial charge is 0.355 e. The molecular weight excluding hydrogens is 304 g/mol. The second kappa shape index (κ2) is 7.91. The second-order valence-electron chi connectivity index (χ2n) is 5.17. The lowest BCUT2D eigenvalue weighted by molar-refractivity contribution is -0.121. The fourth-order valence-electron chi connectivity index (χ4n) is 1.80. The Labute approximate surface area is 134 Å². The highest BCUT2D eigenvalue weighted by Gasteiger charge is 2.10. The highest BCUT2D eigenvalue weighted by atomic mass is 35.5. The number of nitrogens with one attached hydrogen (secondary N) is 1. The highest BCUT2D eigenvalue weighted by molar-refractivity contribution is 6.30. The summed E-state index contributed by atoms with van der Waals surface area (Å²) in [4.78, 5) is 18.0. The highest BCUT2D eigenvalue weighted by Crippen LogP contribution is 2.18. The Morgan fingerprint density at radius 1 is 1.32 bits per heavy atom. The normalized spacial score (nSPS) is 10.9. The van der Waals surface area contributed by atoms with Gasteiger partial charge >= 0.3 is 0 Å². The van der Waals surface area contributed by atoms with E-state index in [4.69, 9.17) is 16.1 Å². The molecule has 0 aliphatic carbocycles. The number of hydrogen-bond donors (Lipinski definition) is 1. The van der Waals surface area contributed by atoms with Crippen molar-refractivity contribution in [3.8, 4) is 11.4 Å². The van der Waals surface area contributed by atoms with Gasteiger partial charge in [-0.1, -0.05) is 16.8 Å². The van der Waals surface area contributed by atoms with E-state index in [2.05, 4.69) is 15.5 Å². The molecule has 0 bridgehead atoms. The maximum atomic E-state index is 11.7. The molecule has 2 aromatic rings. The number of benzene rings is 1. The van der Waals surface area contributed by atoms with Gasteiger partial charge in [-0.3, -0.25) is 4.79 Å². The lowest BCUT2D eigenvalue weighted by Gasteiger charge is -2.09. The minimum atomic E-state index is -0.0203. The Morgan fingerprint density at radius 3 is 2.73 bits per heavy atom. The van der Waals surface area contributed by atoms with Crippen molar-refractivity contribution in [1.29, 1.82) is 0 Å². The molecule has 1 heterocycles. The summed E-state index contributed by atoms with van der Waals surface area (Å²) in [7, 11) is 3.92. The summed E-state index contributed by atoms with van der Waals surface area (Å²) in [6, 6.07) is 7.19. The molecule has 6 nitrogen and oxygen atoms in total. The summed E-state index contributed by atoms with van der Waals surface area (Å²) in [6.07, 6.45) is 0.754. The minimum absolute atomic E-state index is 0.0203. The number of hydrogen-bond acceptors (Lipinski definition) is 5. The van der Waals surface area contributed by atoms with Gasteiger partial charge in [0.05, 0.1) is 0 Å². The number of rotatable bonds is 7. The summed E-state index contributed by atoms with van der Waals surface area (Å²) in [5, 5.41) is 7.41. The average molecular weight is 323 g/mol. The van der Waals surface area contributed by atoms with Gasteiger partial charge in [0.15, 0.2) is 0 Å². The SMILES string of the molecule is CN(C)CCNC(=O)CCc1nc(-c2ccc(Cl)cc2)no1. The zero-order valence-electron chi connectivity index (χ0n) is 12.7. The Hall–Kier alpha value is -1.92. The molecule has 118 valence electrons. The van der Waals surface area contributed by atoms with Gasteiger partial charge in [0, 0.05) is 36.5 Å². The fourth-order valence-corrected chi connectivity index (χ4v) is 1.93. The van der Waals surface area contributed by atoms with E-state index in [0.717, 1.165) is 12.1 Å². The van der Waals surface area contributed by atoms with Gasteiger partial charge in [-0.05, 0) is 38.4 Å². The van der Waals surface area contributed by atoms with Crippen LogP contribution in [-0.4, -0.2) is 48.1 Å². The number of amides is 1. The summed E-state index contributed by atoms with van der Waals surface area (Å²) >= 11 is 5.84. The Balaban J connectivity index is 1.82. The summed E-state index contributed by atoms with van der Waals surface area (Å²) in [6.45, 7) is 1.44. The minimum Gasteiger partial charge on any atom is -0.355 e. The number of nitrogens with zero attached hydrogens (tertiary/aromatic N) is 3. The lowest BCUT2D eigenvalue weighted by Crippen LogP contribution is -2.31. The molecule has 1 aromatic heterocycles. The first-order valence-electron chi connectivity index (χ1n) is 7.04. The molecule has 0 aliphatic rings. The molecule has 0 saturated carbocycles. The zero-order chi connectivity index (χ0) is 15.9. The van der Waals surface area contributed by atoms with E-state index in [9.17, 15) is 4.79 Å². The molecule has 0 saturated heterocycles. The molecule has 0 unspecified atom stereocenters. The van der Waals surface area contributed by atoms with Crippen LogP contribution in [0.25, 0.3) is 11.4 Å². The third kappa shape index (κ3) is 5.13. The topological polar surface area (TPSA) is 71.3 Å². The molecule has 0 atom stereocenters. The monoisotopic (exact) mass is 322 g/mol. The van der Waals surface area contributed by atoms with Gasteiger partial charge in [0.25, 0.3) is 0 Å². The molecule has 22 heavy (non-hydrogen) atoms. The van der Waals surface area contributed by atoms with Gasteiger partial charge in [-0.25, -0.2) is 0 Å². The maximum Gasteiger partial charge on any atom is 0.227 e. The van der Waals surface area contributed by atoms with Crippen molar-refractivity contribution in [1.82, 2.24) is 20.4 Å². The van der Waals surface area contributed by atoms with Crippen LogP contribution in [0.3, 0.4) is 0 Å². The molecule has 0 radical (unpaired) electrons. The van der Waals surface area contributed by atoms with Gasteiger partial charge < -0.3 is 14.7 Å². The van der Waals surface area contributed by atoms with Crippen LogP contribution >= 0.6 is 11.6 Å². The predicted octanol–water partition coefficient (Wildman–Crippen LogP) is 2.00. The number of carbonyl (C=O) groups is 1. The van der Waals surface area contributed by atoms with Crippen molar-refractivity contribution >= 4 is 17.5 Å². The maximum absolute atomic E-state index is 11.7. The van der Waals surface area contributed by atoms with Crippen LogP contribution < -0.4 is 5.32 Å². The van der Waals surface area contributed by atoms with Crippen LogP contribution in [0.5, 0.6) is 0 Å². The Morgan fingerprint density at radius 2 is 2.05 bits per heavy atom. The van der Waals surface area contributed by atoms with Crippen molar-refractivity contribution < 1.29 is 9.32 Å². The Bertz CT molecular complexity index is 610. The first-order chi connectivity index (χ1) is 10.5. The number of carbonyl (C=O) groups excluding carboxylic acids is 1. The fraction of sp³-hybridized carbons (Fsp3) is 0.400. The zero-order valence-corrected chi connectivity index (χ0v) is 13.4. The standard InChI is InChI=1S/C15H19ClN4O2/c1-20(2)10-9-17-13(21)7-8-14-18-15(19-22-14)11-3-5-12(16)6-4-11/h3-6H,7-10H2,1-2H3,(H,17,21). The summed E-state index contributed by atoms with van der Waals surface area (Å²) in [5.74, 6) is 0.931. The van der Waals surface area contributed by atoms with E-state index >= 15 is 0 Å². The molecule has 1 amide bonds. The van der Waals surface area contributed by atoms with Crippen molar-refractivity contribution in [2.45, 2.75) is 12.8 Å². The van der Waals surface area contributed by atoms with Gasteiger partial charge in [0.1, 0.15) is 0 Å². The molecule has 0 aliphatic heterocycles. The van der Waals surface area contributed by atoms with E-state index in [-0.39, 0.29) is 5.91 Å². The van der Waals surface area contributed by atoms with Crippen molar-refractivity contribution in [2.24, 2.45) is 0 Å². The molecule has 1 N–H and O–H groups in total. The van der Waals surface area contributed by atoms with E-state index in [1.165, 1.54) is 0 Å². The van der Waals surface area contributed by atoms with Crippen LogP contribution in [0.4, 0.5) is 0 Å². The molecular formula is C15H19ClN4O2. The molecule has 1 aromatic carbocycles. The quantitative estimate of drug-likeness (QED) is 0.844. The third-order valence-corrected chi connectivity index (χ3v) is 3.27. The first-order valence-corrected chi connectivity index (χ1v) is 7.42. The van der Waals surface area contributed by atoms with E-state index in [1.54, 1.807) is 12.1 Å². The molecule has 0 spiro atoms. The third-order valence-electron chi connectivity index (χ3n) is 3.02. The first kappa shape index (κ1) is 16.5. The van der Waals surface area contributed by atoms with Gasteiger partial charge in [-0.2, -0.15) is 4.98 Å². The summed E-state index contributed by atoms with van der Waals surface area (Å²) < 4.78 is 5.16. The van der Waals surface area contributed by atoms with Crippen LogP contribution in [0.1, 0.15) is 12.3 Å². The molecule has 0 fully saturated rings. The number of likely N-dealkylation sites (N-methyl/N-ethyl adjacent to an activating group) is 1. The van der Waals surface area contributed by atoms with Crippen LogP contribution in [0.2, 0.25) is 5.02 Å². The van der Waals surface area contributed by atoms with E-state index in [1.807, 2.05) is 31.1 Å². The average Bonchev–Trinajstić information content (AvgIpc) is 2.94. The summed E-state index contributed by atoms with van der Waals surface area (Å²) in [5.41, 5.74) is 0.829. The van der Waals surface area contributed by atoms with E-state index < -0.39 is 0 Å². The van der Waals surface area contributed by atoms with Crippen molar-refractivity contribution in [2.75, 3.05) is 27.2 Å². The predicted molar refractivity (Wildman–Crippen MR) is 84.6 cm³/mol. The van der Waals surface area contributed by atoms with Gasteiger partial charge in [-0.15, -0.1) is 0 Å². The van der Waals surface area contributed by atoms with Crippen LogP contribution in [0.15, 0.2) is 28.8 Å². The number of aromatic nitrogens is 2. The molecule has 2 rings (SSSR count). The van der Waals surface area contributed by atoms with Crippen molar-refractivity contribution in [3.63, 3.8) is 0 Å². The van der Waals surface area contributed by atoms with Crippen LogP contribution in [-0.2, 0) is 11.2 Å². The van der Waals surface area contributed by atoms with Gasteiger partial charge in [0.2, 0.25) is 17.6 Å². The molecule has 7 heteroatoms. The van der Waals surface area contributed by atoms with Crippen molar-refractivity contribution in [3.05, 3.63) is 35.2 Å². The second-order valence-corrected chi connectivity index (χ2v) is 5.61. The number of halogens is 1. The number of aryl methyl sites for hydroxylation is 1. The smallest absolute Gasteiger partial charge is 0.227 e. The Kier molecular flexibility index (Phi) is 5.91. The van der Waals surface area contributed by atoms with E-state index in [0.29, 0.717) is 36.1 Å². The van der Waals surface area contributed by atoms with Crippen LogP contribution in [0, 0.1) is 0 Å².